The van der Waals surface area contributed by atoms with Crippen LogP contribution in [0.5, 0.6) is 0 Å². The second-order valence-electron chi connectivity index (χ2n) is 8.86. The molecule has 1 amide bonds. The normalized spacial score (nSPS) is 25.5. The average Bonchev–Trinajstić information content (AvgIpc) is 3.00. The van der Waals surface area contributed by atoms with Crippen molar-refractivity contribution in [3.05, 3.63) is 29.8 Å². The van der Waals surface area contributed by atoms with Gasteiger partial charge in [-0.3, -0.25) is 15.1 Å². The maximum Gasteiger partial charge on any atom is 0.227 e. The number of anilines is 1. The van der Waals surface area contributed by atoms with Crippen molar-refractivity contribution in [3.8, 4) is 0 Å². The summed E-state index contributed by atoms with van der Waals surface area (Å²) in [4.78, 5) is 17.1. The number of fused-ring (bicyclic) bond motifs is 3. The van der Waals surface area contributed by atoms with E-state index in [1.165, 1.54) is 18.4 Å². The Morgan fingerprint density at radius 1 is 1.10 bits per heavy atom. The lowest BCUT2D eigenvalue weighted by atomic mass is 9.99. The van der Waals surface area contributed by atoms with E-state index < -0.39 is 0 Å². The topological polar surface area (TPSA) is 86.1 Å². The van der Waals surface area contributed by atoms with Crippen molar-refractivity contribution in [2.75, 3.05) is 37.8 Å². The van der Waals surface area contributed by atoms with Gasteiger partial charge in [-0.1, -0.05) is 18.2 Å². The van der Waals surface area contributed by atoms with Gasteiger partial charge in [0, 0.05) is 43.7 Å². The quantitative estimate of drug-likeness (QED) is 0.339. The molecule has 3 atom stereocenters. The molecule has 2 N–H and O–H groups in total. The summed E-state index contributed by atoms with van der Waals surface area (Å²) in [5.41, 5.74) is 2.39. The molecular weight excluding hydrogens is 394 g/mol. The minimum atomic E-state index is -0.0556. The molecule has 31 heavy (non-hydrogen) atoms. The Morgan fingerprint density at radius 2 is 1.87 bits per heavy atom. The number of nitrogens with zero attached hydrogens (tertiary/aromatic N) is 2. The lowest BCUT2D eigenvalue weighted by Crippen LogP contribution is -2.47. The van der Waals surface area contributed by atoms with E-state index in [1.54, 1.807) is 0 Å². The van der Waals surface area contributed by atoms with Crippen molar-refractivity contribution in [2.24, 2.45) is 0 Å². The van der Waals surface area contributed by atoms with Crippen LogP contribution in [0.1, 0.15) is 50.5 Å². The van der Waals surface area contributed by atoms with Gasteiger partial charge in [0.15, 0.2) is 5.90 Å². The number of rotatable bonds is 10. The van der Waals surface area contributed by atoms with Gasteiger partial charge in [0.25, 0.3) is 0 Å². The Bertz CT molecular complexity index is 757. The first-order chi connectivity index (χ1) is 15.2. The number of nitrogens with one attached hydrogen (secondary N) is 1. The molecule has 2 bridgehead atoms. The number of piperidine rings is 1. The highest BCUT2D eigenvalue weighted by Gasteiger charge is 2.40. The van der Waals surface area contributed by atoms with Gasteiger partial charge < -0.3 is 19.5 Å². The van der Waals surface area contributed by atoms with E-state index in [9.17, 15) is 4.79 Å². The Morgan fingerprint density at radius 3 is 2.65 bits per heavy atom. The van der Waals surface area contributed by atoms with Gasteiger partial charge in [0.05, 0.1) is 19.3 Å². The maximum atomic E-state index is 12.5. The molecule has 4 rings (SSSR count). The number of ether oxygens (including phenoxy) is 2. The monoisotopic (exact) mass is 429 g/mol. The minimum Gasteiger partial charge on any atom is -0.479 e. The highest BCUT2D eigenvalue weighted by Crippen LogP contribution is 2.37. The van der Waals surface area contributed by atoms with E-state index in [1.807, 2.05) is 11.0 Å². The van der Waals surface area contributed by atoms with E-state index in [0.29, 0.717) is 31.7 Å². The van der Waals surface area contributed by atoms with E-state index in [-0.39, 0.29) is 30.9 Å². The molecule has 7 heteroatoms. The molecule has 3 aliphatic rings. The van der Waals surface area contributed by atoms with Crippen LogP contribution in [0.2, 0.25) is 0 Å². The average molecular weight is 430 g/mol. The summed E-state index contributed by atoms with van der Waals surface area (Å²) in [7, 11) is 0. The highest BCUT2D eigenvalue weighted by atomic mass is 16.5. The fourth-order valence-electron chi connectivity index (χ4n) is 5.43. The Labute approximate surface area is 184 Å². The molecule has 0 aromatic heterocycles. The molecule has 2 fully saturated rings. The van der Waals surface area contributed by atoms with Crippen LogP contribution in [0.3, 0.4) is 0 Å². The fourth-order valence-corrected chi connectivity index (χ4v) is 5.43. The standard InChI is InChI=1S/C24H35N3O4/c25-23(10-13-28)31-15-14-30-21-16-19-7-8-20(17-21)26(19)11-3-12-27-22-5-2-1-4-18(22)6-9-24(27)29/h1-2,4-5,19-21,25,28H,3,6-17H2/t19-,20+,21?. The van der Waals surface area contributed by atoms with Crippen LogP contribution in [0.25, 0.3) is 0 Å². The van der Waals surface area contributed by atoms with Crippen LogP contribution in [0.4, 0.5) is 5.69 Å². The first-order valence-electron chi connectivity index (χ1n) is 11.7. The number of benzene rings is 1. The number of carbonyl (C=O) groups excluding carboxylic acids is 1. The predicted molar refractivity (Wildman–Crippen MR) is 120 cm³/mol. The molecule has 0 radical (unpaired) electrons. The van der Waals surface area contributed by atoms with Gasteiger partial charge in [0.2, 0.25) is 5.91 Å². The van der Waals surface area contributed by atoms with Crippen LogP contribution in [0.15, 0.2) is 24.3 Å². The summed E-state index contributed by atoms with van der Waals surface area (Å²) in [6, 6.07) is 9.44. The van der Waals surface area contributed by atoms with Crippen LogP contribution in [-0.4, -0.2) is 72.9 Å². The molecule has 1 unspecified atom stereocenters. The molecule has 2 saturated heterocycles. The third-order valence-corrected chi connectivity index (χ3v) is 6.88. The zero-order valence-corrected chi connectivity index (χ0v) is 18.3. The van der Waals surface area contributed by atoms with Gasteiger partial charge in [0.1, 0.15) is 6.61 Å². The van der Waals surface area contributed by atoms with Gasteiger partial charge in [-0.2, -0.15) is 0 Å². The molecular formula is C24H35N3O4. The Balaban J connectivity index is 1.20. The summed E-state index contributed by atoms with van der Waals surface area (Å²) in [6.45, 7) is 2.65. The van der Waals surface area contributed by atoms with E-state index >= 15 is 0 Å². The summed E-state index contributed by atoms with van der Waals surface area (Å²) in [5, 5.41) is 16.3. The van der Waals surface area contributed by atoms with Crippen molar-refractivity contribution in [3.63, 3.8) is 0 Å². The SMILES string of the molecule is N=C(CCO)OCCOC1C[C@H]2CC[C@@H](C1)N2CCCN1C(=O)CCc2ccccc21. The summed E-state index contributed by atoms with van der Waals surface area (Å²) >= 11 is 0. The van der Waals surface area contributed by atoms with Crippen LogP contribution in [0, 0.1) is 5.41 Å². The third kappa shape index (κ3) is 5.45. The smallest absolute Gasteiger partial charge is 0.227 e. The van der Waals surface area contributed by atoms with Gasteiger partial charge in [-0.05, 0) is 50.2 Å². The lowest BCUT2D eigenvalue weighted by molar-refractivity contribution is -0.118. The van der Waals surface area contributed by atoms with Crippen molar-refractivity contribution in [2.45, 2.75) is 69.6 Å². The summed E-state index contributed by atoms with van der Waals surface area (Å²) < 4.78 is 11.3. The number of para-hydroxylation sites is 1. The molecule has 1 aromatic rings. The number of amides is 1. The molecule has 0 saturated carbocycles. The molecule has 7 nitrogen and oxygen atoms in total. The Hall–Kier alpha value is -1.96. The van der Waals surface area contributed by atoms with Crippen molar-refractivity contribution < 1.29 is 19.4 Å². The predicted octanol–water partition coefficient (Wildman–Crippen LogP) is 2.74. The van der Waals surface area contributed by atoms with E-state index in [4.69, 9.17) is 20.0 Å². The van der Waals surface area contributed by atoms with Crippen molar-refractivity contribution >= 4 is 17.5 Å². The minimum absolute atomic E-state index is 0.0556. The lowest BCUT2D eigenvalue weighted by Gasteiger charge is -2.39. The zero-order chi connectivity index (χ0) is 21.6. The maximum absolute atomic E-state index is 12.5. The summed E-state index contributed by atoms with van der Waals surface area (Å²) in [5.74, 6) is 0.374. The fraction of sp³-hybridized carbons (Fsp3) is 0.667. The van der Waals surface area contributed by atoms with Crippen molar-refractivity contribution in [1.29, 1.82) is 5.41 Å². The second kappa shape index (κ2) is 10.6. The molecule has 0 spiro atoms. The second-order valence-corrected chi connectivity index (χ2v) is 8.86. The summed E-state index contributed by atoms with van der Waals surface area (Å²) in [6.07, 6.45) is 7.56. The number of aliphatic hydroxyl groups is 1. The van der Waals surface area contributed by atoms with Crippen molar-refractivity contribution in [1.82, 2.24) is 4.90 Å². The van der Waals surface area contributed by atoms with Gasteiger partial charge in [-0.25, -0.2) is 0 Å². The number of aryl methyl sites for hydroxylation is 1. The molecule has 3 aliphatic heterocycles. The molecule has 170 valence electrons. The van der Waals surface area contributed by atoms with Gasteiger partial charge >= 0.3 is 0 Å². The number of hydrogen-bond donors (Lipinski definition) is 2. The highest BCUT2D eigenvalue weighted by molar-refractivity contribution is 5.96. The first-order valence-corrected chi connectivity index (χ1v) is 11.7. The number of aliphatic hydroxyl groups excluding tert-OH is 1. The zero-order valence-electron chi connectivity index (χ0n) is 18.3. The van der Waals surface area contributed by atoms with Crippen LogP contribution >= 0.6 is 0 Å². The molecule has 0 aliphatic carbocycles. The number of hydrogen-bond acceptors (Lipinski definition) is 6. The third-order valence-electron chi connectivity index (χ3n) is 6.88. The first kappa shape index (κ1) is 22.2. The van der Waals surface area contributed by atoms with E-state index in [2.05, 4.69) is 23.1 Å². The molecule has 1 aromatic carbocycles. The van der Waals surface area contributed by atoms with E-state index in [0.717, 1.165) is 44.5 Å². The van der Waals surface area contributed by atoms with Gasteiger partial charge in [-0.15, -0.1) is 0 Å². The van der Waals surface area contributed by atoms with Crippen LogP contribution in [-0.2, 0) is 20.7 Å². The number of carbonyl (C=O) groups is 1. The molecule has 3 heterocycles. The Kier molecular flexibility index (Phi) is 7.58. The van der Waals surface area contributed by atoms with Crippen LogP contribution < -0.4 is 4.90 Å². The largest absolute Gasteiger partial charge is 0.479 e.